The zero-order chi connectivity index (χ0) is 15.8. The zero-order valence-corrected chi connectivity index (χ0v) is 14.2. The van der Waals surface area contributed by atoms with Gasteiger partial charge >= 0.3 is 0 Å². The predicted molar refractivity (Wildman–Crippen MR) is 100.0 cm³/mol. The second-order valence-electron chi connectivity index (χ2n) is 6.53. The molecular weight excluding hydrogens is 318 g/mol. The smallest absolute Gasteiger partial charge is 0.165 e. The van der Waals surface area contributed by atoms with Crippen molar-refractivity contribution in [3.05, 3.63) is 35.4 Å². The number of pyridine rings is 1. The molecule has 4 heteroatoms. The molecule has 1 fully saturated rings. The van der Waals surface area contributed by atoms with Gasteiger partial charge in [0.1, 0.15) is 0 Å². The van der Waals surface area contributed by atoms with Crippen molar-refractivity contribution in [1.29, 1.82) is 0 Å². The number of methoxy groups -OCH3 is 1. The molecule has 2 heterocycles. The van der Waals surface area contributed by atoms with Crippen LogP contribution in [0.5, 0.6) is 0 Å². The van der Waals surface area contributed by atoms with Gasteiger partial charge in [-0.05, 0) is 61.9 Å². The van der Waals surface area contributed by atoms with Gasteiger partial charge in [0.25, 0.3) is 0 Å². The number of thioether (sulfide) groups is 1. The summed E-state index contributed by atoms with van der Waals surface area (Å²) in [6.45, 7) is 0. The third-order valence-electron chi connectivity index (χ3n) is 5.13. The number of fused-ring (bicyclic) bond motifs is 2. The van der Waals surface area contributed by atoms with Crippen molar-refractivity contribution < 1.29 is 9.53 Å². The van der Waals surface area contributed by atoms with Crippen molar-refractivity contribution in [3.8, 4) is 0 Å². The number of aryl methyl sites for hydroxylation is 1. The molecule has 0 amide bonds. The van der Waals surface area contributed by atoms with Crippen molar-refractivity contribution in [2.24, 2.45) is 5.92 Å². The van der Waals surface area contributed by atoms with Gasteiger partial charge in [-0.1, -0.05) is 7.43 Å². The van der Waals surface area contributed by atoms with Crippen LogP contribution in [0.2, 0.25) is 0 Å². The fourth-order valence-corrected chi connectivity index (χ4v) is 4.74. The molecular formula is C20H25NO2S. The van der Waals surface area contributed by atoms with Crippen LogP contribution in [0.25, 0.3) is 10.9 Å². The summed E-state index contributed by atoms with van der Waals surface area (Å²) in [5.41, 5.74) is 3.16. The van der Waals surface area contributed by atoms with Crippen LogP contribution in [0.4, 0.5) is 0 Å². The molecule has 0 atom stereocenters. The topological polar surface area (TPSA) is 39.2 Å². The molecule has 0 spiro atoms. The number of rotatable bonds is 3. The van der Waals surface area contributed by atoms with Crippen molar-refractivity contribution in [1.82, 2.24) is 4.98 Å². The maximum absolute atomic E-state index is 12.8. The molecule has 0 radical (unpaired) electrons. The van der Waals surface area contributed by atoms with E-state index >= 15 is 0 Å². The first-order chi connectivity index (χ1) is 11.2. The molecule has 24 heavy (non-hydrogen) atoms. The lowest BCUT2D eigenvalue weighted by molar-refractivity contribution is 0.0519. The highest BCUT2D eigenvalue weighted by Crippen LogP contribution is 2.33. The van der Waals surface area contributed by atoms with Crippen molar-refractivity contribution >= 4 is 28.4 Å². The second-order valence-corrected chi connectivity index (χ2v) is 7.62. The molecule has 0 N–H and O–H groups in total. The monoisotopic (exact) mass is 343 g/mol. The minimum atomic E-state index is 0. The van der Waals surface area contributed by atoms with E-state index in [4.69, 9.17) is 9.72 Å². The second kappa shape index (κ2) is 7.24. The molecule has 0 unspecified atom stereocenters. The number of hydrogen-bond donors (Lipinski definition) is 0. The van der Waals surface area contributed by atoms with Crippen molar-refractivity contribution in [3.63, 3.8) is 0 Å². The Morgan fingerprint density at radius 3 is 2.75 bits per heavy atom. The van der Waals surface area contributed by atoms with E-state index in [-0.39, 0.29) is 19.1 Å². The first-order valence-electron chi connectivity index (χ1n) is 8.38. The lowest BCUT2D eigenvalue weighted by Crippen LogP contribution is -2.25. The minimum Gasteiger partial charge on any atom is -0.381 e. The highest BCUT2D eigenvalue weighted by molar-refractivity contribution is 7.99. The first-order valence-corrected chi connectivity index (χ1v) is 9.36. The summed E-state index contributed by atoms with van der Waals surface area (Å²) in [4.78, 5) is 17.5. The van der Waals surface area contributed by atoms with Gasteiger partial charge in [0.05, 0.1) is 16.6 Å². The maximum Gasteiger partial charge on any atom is 0.165 e. The first kappa shape index (κ1) is 17.4. The van der Waals surface area contributed by atoms with Crippen LogP contribution in [-0.2, 0) is 11.2 Å². The third kappa shape index (κ3) is 3.22. The molecule has 1 aliphatic heterocycles. The van der Waals surface area contributed by atoms with Crippen LogP contribution in [-0.4, -0.2) is 29.7 Å². The highest BCUT2D eigenvalue weighted by atomic mass is 32.2. The Kier molecular flexibility index (Phi) is 5.26. The molecule has 1 aliphatic carbocycles. The maximum atomic E-state index is 12.8. The Hall–Kier alpha value is -1.39. The van der Waals surface area contributed by atoms with Crippen LogP contribution in [0.15, 0.2) is 29.3 Å². The van der Waals surface area contributed by atoms with E-state index in [1.165, 1.54) is 5.56 Å². The zero-order valence-electron chi connectivity index (χ0n) is 13.4. The Balaban J connectivity index is 0.00000169. The van der Waals surface area contributed by atoms with E-state index in [9.17, 15) is 4.79 Å². The average Bonchev–Trinajstić information content (AvgIpc) is 3.06. The molecule has 4 rings (SSSR count). The predicted octanol–water partition coefficient (Wildman–Crippen LogP) is 4.91. The summed E-state index contributed by atoms with van der Waals surface area (Å²) in [5.74, 6) is 1.56. The highest BCUT2D eigenvalue weighted by Gasteiger charge is 2.27. The van der Waals surface area contributed by atoms with Gasteiger partial charge in [0, 0.05) is 29.7 Å². The van der Waals surface area contributed by atoms with Crippen LogP contribution < -0.4 is 0 Å². The van der Waals surface area contributed by atoms with E-state index in [1.54, 1.807) is 7.11 Å². The number of hydrogen-bond acceptors (Lipinski definition) is 4. The third-order valence-corrected chi connectivity index (χ3v) is 6.16. The fraction of sp³-hybridized carbons (Fsp3) is 0.500. The summed E-state index contributed by atoms with van der Waals surface area (Å²) in [6, 6.07) is 8.21. The van der Waals surface area contributed by atoms with E-state index in [1.807, 2.05) is 30.0 Å². The number of carbonyl (C=O) groups is 1. The molecule has 1 aromatic heterocycles. The fourth-order valence-electron chi connectivity index (χ4n) is 3.71. The van der Waals surface area contributed by atoms with Gasteiger partial charge in [-0.25, -0.2) is 4.98 Å². The Morgan fingerprint density at radius 1 is 1.21 bits per heavy atom. The molecule has 1 aromatic carbocycles. The molecule has 128 valence electrons. The summed E-state index contributed by atoms with van der Waals surface area (Å²) >= 11 is 1.83. The number of nitrogens with zero attached hydrogens (tertiary/aromatic N) is 1. The molecule has 0 bridgehead atoms. The Bertz CT molecular complexity index is 751. The van der Waals surface area contributed by atoms with Gasteiger partial charge in [-0.15, -0.1) is 11.8 Å². The standard InChI is InChI=1S/C19H21NO2S.CH4/c1-22-16-5-2-12(3-6-16)18(21)13-4-7-17-15(10-13)11-14-8-9-23-19(14)20-17;/h4,7,10-12,16H,2-3,5-6,8-9H2,1H3;1H4. The minimum absolute atomic E-state index is 0. The van der Waals surface area contributed by atoms with E-state index in [2.05, 4.69) is 6.07 Å². The molecule has 2 aromatic rings. The van der Waals surface area contributed by atoms with Gasteiger partial charge in [-0.2, -0.15) is 0 Å². The van der Waals surface area contributed by atoms with Crippen molar-refractivity contribution in [2.45, 2.75) is 50.7 Å². The number of benzene rings is 1. The summed E-state index contributed by atoms with van der Waals surface area (Å²) in [6.07, 6.45) is 5.28. The van der Waals surface area contributed by atoms with Crippen LogP contribution >= 0.6 is 11.8 Å². The number of carbonyl (C=O) groups excluding carboxylic acids is 1. The lowest BCUT2D eigenvalue weighted by atomic mass is 9.82. The van der Waals surface area contributed by atoms with Gasteiger partial charge < -0.3 is 4.74 Å². The lowest BCUT2D eigenvalue weighted by Gasteiger charge is -2.26. The Labute approximate surface area is 148 Å². The van der Waals surface area contributed by atoms with E-state index in [0.29, 0.717) is 6.10 Å². The van der Waals surface area contributed by atoms with E-state index < -0.39 is 0 Å². The number of ether oxygens (including phenoxy) is 1. The number of ketones is 1. The van der Waals surface area contributed by atoms with Crippen LogP contribution in [0.3, 0.4) is 0 Å². The van der Waals surface area contributed by atoms with Gasteiger partial charge in [0.15, 0.2) is 5.78 Å². The van der Waals surface area contributed by atoms with Gasteiger partial charge in [-0.3, -0.25) is 4.79 Å². The average molecular weight is 343 g/mol. The quantitative estimate of drug-likeness (QED) is 0.743. The molecule has 3 nitrogen and oxygen atoms in total. The molecule has 0 saturated heterocycles. The van der Waals surface area contributed by atoms with Gasteiger partial charge in [0.2, 0.25) is 0 Å². The summed E-state index contributed by atoms with van der Waals surface area (Å²) in [7, 11) is 1.76. The Morgan fingerprint density at radius 2 is 2.00 bits per heavy atom. The SMILES string of the molecule is C.COC1CCC(C(=O)c2ccc3nc4c(cc3c2)CCS4)CC1. The molecule has 1 saturated carbocycles. The molecule has 2 aliphatic rings. The number of aromatic nitrogens is 1. The number of Topliss-reactive ketones (excluding diaryl/α,β-unsaturated/α-hetero) is 1. The normalized spacial score (nSPS) is 22.9. The largest absolute Gasteiger partial charge is 0.381 e. The van der Waals surface area contributed by atoms with Crippen LogP contribution in [0.1, 0.15) is 49.0 Å². The van der Waals surface area contributed by atoms with E-state index in [0.717, 1.165) is 59.3 Å². The van der Waals surface area contributed by atoms with Crippen LogP contribution in [0, 0.1) is 5.92 Å². The summed E-state index contributed by atoms with van der Waals surface area (Å²) in [5, 5.41) is 2.26. The van der Waals surface area contributed by atoms with Crippen molar-refractivity contribution in [2.75, 3.05) is 12.9 Å². The summed E-state index contributed by atoms with van der Waals surface area (Å²) < 4.78 is 5.40.